The van der Waals surface area contributed by atoms with Crippen LogP contribution < -0.4 is 15.0 Å². The summed E-state index contributed by atoms with van der Waals surface area (Å²) >= 11 is 11.9. The van der Waals surface area contributed by atoms with Crippen LogP contribution in [-0.2, 0) is 19.1 Å². The van der Waals surface area contributed by atoms with E-state index in [0.717, 1.165) is 0 Å². The van der Waals surface area contributed by atoms with Gasteiger partial charge in [0.05, 0.1) is 27.8 Å². The first-order chi connectivity index (χ1) is 14.7. The monoisotopic (exact) mass is 464 g/mol. The zero-order valence-electron chi connectivity index (χ0n) is 17.1. The molecule has 9 heteroatoms. The van der Waals surface area contributed by atoms with Crippen LogP contribution in [0.4, 0.5) is 11.4 Å². The maximum Gasteiger partial charge on any atom is 0.311 e. The number of esters is 1. The molecular formula is C22H22Cl2N2O5. The zero-order valence-corrected chi connectivity index (χ0v) is 18.6. The van der Waals surface area contributed by atoms with E-state index in [9.17, 15) is 14.4 Å². The largest absolute Gasteiger partial charge is 0.491 e. The Bertz CT molecular complexity index is 978. The number of carbonyl (C=O) groups is 3. The summed E-state index contributed by atoms with van der Waals surface area (Å²) in [6.07, 6.45) is 0.0654. The molecule has 1 heterocycles. The first-order valence-electron chi connectivity index (χ1n) is 9.72. The van der Waals surface area contributed by atoms with Gasteiger partial charge in [-0.1, -0.05) is 29.3 Å². The molecule has 164 valence electrons. The summed E-state index contributed by atoms with van der Waals surface area (Å²) in [5, 5.41) is 3.03. The van der Waals surface area contributed by atoms with Gasteiger partial charge < -0.3 is 19.7 Å². The number of halogens is 2. The molecule has 2 aromatic carbocycles. The van der Waals surface area contributed by atoms with E-state index in [1.54, 1.807) is 42.5 Å². The standard InChI is InChI=1S/C22H22Cl2N2O5/c1-13(2)31-16-8-6-15(7-9-16)26-11-14(10-20(26)28)22(29)30-12-19(27)25-18-5-3-4-17(23)21(18)24/h3-9,13-14H,10-12H2,1-2H3,(H,25,27)/t14-/m0/s1. The van der Waals surface area contributed by atoms with E-state index in [1.165, 1.54) is 4.90 Å². The number of ether oxygens (including phenoxy) is 2. The van der Waals surface area contributed by atoms with Crippen LogP contribution in [0.5, 0.6) is 5.75 Å². The van der Waals surface area contributed by atoms with E-state index in [4.69, 9.17) is 32.7 Å². The van der Waals surface area contributed by atoms with Crippen LogP contribution in [0.3, 0.4) is 0 Å². The van der Waals surface area contributed by atoms with Gasteiger partial charge >= 0.3 is 5.97 Å². The van der Waals surface area contributed by atoms with Crippen molar-refractivity contribution in [1.82, 2.24) is 0 Å². The van der Waals surface area contributed by atoms with E-state index in [0.29, 0.717) is 22.1 Å². The second-order valence-corrected chi connectivity index (χ2v) is 8.11. The number of carbonyl (C=O) groups excluding carboxylic acids is 3. The Balaban J connectivity index is 1.53. The van der Waals surface area contributed by atoms with Crippen LogP contribution in [0.15, 0.2) is 42.5 Å². The molecule has 3 rings (SSSR count). The van der Waals surface area contributed by atoms with Crippen molar-refractivity contribution < 1.29 is 23.9 Å². The number of anilines is 2. The van der Waals surface area contributed by atoms with Crippen molar-refractivity contribution in [3.63, 3.8) is 0 Å². The molecule has 1 saturated heterocycles. The molecule has 7 nitrogen and oxygen atoms in total. The number of hydrogen-bond donors (Lipinski definition) is 1. The predicted octanol–water partition coefficient (Wildman–Crippen LogP) is 4.32. The van der Waals surface area contributed by atoms with Crippen molar-refractivity contribution in [2.75, 3.05) is 23.4 Å². The van der Waals surface area contributed by atoms with E-state index in [-0.39, 0.29) is 30.0 Å². The lowest BCUT2D eigenvalue weighted by atomic mass is 10.1. The summed E-state index contributed by atoms with van der Waals surface area (Å²) in [6, 6.07) is 11.9. The van der Waals surface area contributed by atoms with Gasteiger partial charge in [-0.2, -0.15) is 0 Å². The lowest BCUT2D eigenvalue weighted by Crippen LogP contribution is -2.28. The van der Waals surface area contributed by atoms with Crippen molar-refractivity contribution in [3.8, 4) is 5.75 Å². The molecular weight excluding hydrogens is 443 g/mol. The fraction of sp³-hybridized carbons (Fsp3) is 0.318. The number of nitrogens with zero attached hydrogens (tertiary/aromatic N) is 1. The average molecular weight is 465 g/mol. The Morgan fingerprint density at radius 2 is 1.87 bits per heavy atom. The van der Waals surface area contributed by atoms with Gasteiger partial charge in [-0.15, -0.1) is 0 Å². The van der Waals surface area contributed by atoms with Gasteiger partial charge in [0, 0.05) is 18.7 Å². The normalized spacial score (nSPS) is 15.8. The van der Waals surface area contributed by atoms with Crippen LogP contribution in [-0.4, -0.2) is 37.0 Å². The predicted molar refractivity (Wildman–Crippen MR) is 119 cm³/mol. The molecule has 0 bridgehead atoms. The van der Waals surface area contributed by atoms with Gasteiger partial charge in [0.2, 0.25) is 5.91 Å². The van der Waals surface area contributed by atoms with Gasteiger partial charge in [-0.3, -0.25) is 14.4 Å². The Morgan fingerprint density at radius 3 is 2.55 bits per heavy atom. The highest BCUT2D eigenvalue weighted by Crippen LogP contribution is 2.30. The SMILES string of the molecule is CC(C)Oc1ccc(N2C[C@@H](C(=O)OCC(=O)Nc3cccc(Cl)c3Cl)CC2=O)cc1. The third-order valence-electron chi connectivity index (χ3n) is 4.55. The molecule has 1 aliphatic heterocycles. The number of amides is 2. The lowest BCUT2D eigenvalue weighted by molar-refractivity contribution is -0.151. The molecule has 0 aliphatic carbocycles. The summed E-state index contributed by atoms with van der Waals surface area (Å²) in [7, 11) is 0. The summed E-state index contributed by atoms with van der Waals surface area (Å²) < 4.78 is 10.7. The van der Waals surface area contributed by atoms with Gasteiger partial charge in [-0.25, -0.2) is 0 Å². The van der Waals surface area contributed by atoms with E-state index >= 15 is 0 Å². The highest BCUT2D eigenvalue weighted by Gasteiger charge is 2.36. The minimum absolute atomic E-state index is 0.0187. The fourth-order valence-electron chi connectivity index (χ4n) is 3.13. The topological polar surface area (TPSA) is 84.9 Å². The molecule has 0 radical (unpaired) electrons. The first kappa shape index (κ1) is 22.9. The third kappa shape index (κ3) is 5.89. The van der Waals surface area contributed by atoms with Gasteiger partial charge in [0.1, 0.15) is 5.75 Å². The number of benzene rings is 2. The fourth-order valence-corrected chi connectivity index (χ4v) is 3.48. The van der Waals surface area contributed by atoms with E-state index in [2.05, 4.69) is 5.32 Å². The van der Waals surface area contributed by atoms with E-state index < -0.39 is 24.4 Å². The molecule has 31 heavy (non-hydrogen) atoms. The van der Waals surface area contributed by atoms with Crippen molar-refractivity contribution >= 4 is 52.4 Å². The quantitative estimate of drug-likeness (QED) is 0.616. The minimum Gasteiger partial charge on any atom is -0.491 e. The van der Waals surface area contributed by atoms with Crippen LogP contribution in [0.1, 0.15) is 20.3 Å². The molecule has 1 aliphatic rings. The van der Waals surface area contributed by atoms with Gasteiger partial charge in [0.15, 0.2) is 6.61 Å². The van der Waals surface area contributed by atoms with Crippen LogP contribution >= 0.6 is 23.2 Å². The number of rotatable bonds is 7. The smallest absolute Gasteiger partial charge is 0.311 e. The Labute approximate surface area is 190 Å². The molecule has 2 amide bonds. The summed E-state index contributed by atoms with van der Waals surface area (Å²) in [5.74, 6) is -1.30. The summed E-state index contributed by atoms with van der Waals surface area (Å²) in [5.41, 5.74) is 0.993. The maximum absolute atomic E-state index is 12.4. The van der Waals surface area contributed by atoms with Crippen molar-refractivity contribution in [1.29, 1.82) is 0 Å². The average Bonchev–Trinajstić information content (AvgIpc) is 3.11. The van der Waals surface area contributed by atoms with Crippen LogP contribution in [0, 0.1) is 5.92 Å². The second-order valence-electron chi connectivity index (χ2n) is 7.32. The summed E-state index contributed by atoms with van der Waals surface area (Å²) in [4.78, 5) is 38.4. The maximum atomic E-state index is 12.4. The second kappa shape index (κ2) is 10.0. The Hall–Kier alpha value is -2.77. The van der Waals surface area contributed by atoms with Gasteiger partial charge in [0.25, 0.3) is 5.91 Å². The number of hydrogen-bond acceptors (Lipinski definition) is 5. The lowest BCUT2D eigenvalue weighted by Gasteiger charge is -2.17. The Morgan fingerprint density at radius 1 is 1.16 bits per heavy atom. The van der Waals surface area contributed by atoms with Crippen molar-refractivity contribution in [2.24, 2.45) is 5.92 Å². The van der Waals surface area contributed by atoms with Crippen LogP contribution in [0.25, 0.3) is 0 Å². The minimum atomic E-state index is -0.651. The molecule has 1 atom stereocenters. The van der Waals surface area contributed by atoms with E-state index in [1.807, 2.05) is 13.8 Å². The van der Waals surface area contributed by atoms with Crippen LogP contribution in [0.2, 0.25) is 10.0 Å². The molecule has 0 unspecified atom stereocenters. The van der Waals surface area contributed by atoms with Crippen molar-refractivity contribution in [3.05, 3.63) is 52.5 Å². The first-order valence-corrected chi connectivity index (χ1v) is 10.5. The molecule has 0 saturated carbocycles. The molecule has 2 aromatic rings. The third-order valence-corrected chi connectivity index (χ3v) is 5.37. The Kier molecular flexibility index (Phi) is 7.41. The zero-order chi connectivity index (χ0) is 22.5. The number of nitrogens with one attached hydrogen (secondary N) is 1. The molecule has 1 fully saturated rings. The molecule has 1 N–H and O–H groups in total. The highest BCUT2D eigenvalue weighted by atomic mass is 35.5. The molecule has 0 spiro atoms. The molecule has 0 aromatic heterocycles. The summed E-state index contributed by atoms with van der Waals surface area (Å²) in [6.45, 7) is 3.55. The van der Waals surface area contributed by atoms with Gasteiger partial charge in [-0.05, 0) is 50.2 Å². The van der Waals surface area contributed by atoms with Crippen molar-refractivity contribution in [2.45, 2.75) is 26.4 Å². The highest BCUT2D eigenvalue weighted by molar-refractivity contribution is 6.44.